The maximum atomic E-state index is 13.4. The molecular formula is C16H28F6. The van der Waals surface area contributed by atoms with Gasteiger partial charge in [-0.2, -0.15) is 26.3 Å². The summed E-state index contributed by atoms with van der Waals surface area (Å²) < 4.78 is 80.4. The van der Waals surface area contributed by atoms with Gasteiger partial charge in [0.15, 0.2) is 5.41 Å². The second-order valence-corrected chi connectivity index (χ2v) is 6.44. The van der Waals surface area contributed by atoms with Gasteiger partial charge in [0, 0.05) is 0 Å². The fourth-order valence-corrected chi connectivity index (χ4v) is 3.30. The van der Waals surface area contributed by atoms with E-state index in [9.17, 15) is 26.3 Å². The third-order valence-corrected chi connectivity index (χ3v) is 4.62. The lowest BCUT2D eigenvalue weighted by Gasteiger charge is -2.42. The minimum absolute atomic E-state index is 0.0474. The van der Waals surface area contributed by atoms with Crippen molar-refractivity contribution < 1.29 is 26.3 Å². The first-order chi connectivity index (χ1) is 9.94. The van der Waals surface area contributed by atoms with Crippen molar-refractivity contribution in [3.8, 4) is 0 Å². The van der Waals surface area contributed by atoms with Gasteiger partial charge in [-0.25, -0.2) is 0 Å². The molecule has 0 bridgehead atoms. The first kappa shape index (κ1) is 21.6. The molecule has 0 saturated heterocycles. The predicted octanol–water partition coefficient (Wildman–Crippen LogP) is 7.14. The van der Waals surface area contributed by atoms with Crippen LogP contribution in [-0.4, -0.2) is 12.4 Å². The second kappa shape index (κ2) is 8.44. The zero-order valence-corrected chi connectivity index (χ0v) is 13.9. The lowest BCUT2D eigenvalue weighted by atomic mass is 9.69. The second-order valence-electron chi connectivity index (χ2n) is 6.44. The van der Waals surface area contributed by atoms with E-state index >= 15 is 0 Å². The van der Waals surface area contributed by atoms with Crippen molar-refractivity contribution in [2.45, 2.75) is 85.0 Å². The Kier molecular flexibility index (Phi) is 8.28. The van der Waals surface area contributed by atoms with E-state index in [1.165, 1.54) is 0 Å². The van der Waals surface area contributed by atoms with Crippen LogP contribution in [0.25, 0.3) is 0 Å². The van der Waals surface area contributed by atoms with Gasteiger partial charge in [-0.05, 0) is 24.7 Å². The molecule has 0 N–H and O–H groups in total. The van der Waals surface area contributed by atoms with Gasteiger partial charge < -0.3 is 0 Å². The molecular weight excluding hydrogens is 306 g/mol. The van der Waals surface area contributed by atoms with E-state index < -0.39 is 30.1 Å². The van der Waals surface area contributed by atoms with Crippen LogP contribution < -0.4 is 0 Å². The molecule has 0 aromatic rings. The number of alkyl halides is 6. The van der Waals surface area contributed by atoms with Crippen molar-refractivity contribution in [1.29, 1.82) is 0 Å². The van der Waals surface area contributed by atoms with Crippen LogP contribution >= 0.6 is 0 Å². The standard InChI is InChI=1S/C16H28F6/c1-5-8-12(3)10-7-11-14(15(17,18)19,16(20,21)22)13(4)9-6-2/h12-13H,5-11H2,1-4H3. The van der Waals surface area contributed by atoms with Gasteiger partial charge in [-0.3, -0.25) is 0 Å². The number of hydrogen-bond donors (Lipinski definition) is 0. The van der Waals surface area contributed by atoms with Gasteiger partial charge in [-0.1, -0.05) is 59.8 Å². The number of rotatable bonds is 9. The number of hydrogen-bond acceptors (Lipinski definition) is 0. The third-order valence-electron chi connectivity index (χ3n) is 4.62. The van der Waals surface area contributed by atoms with E-state index in [0.29, 0.717) is 12.8 Å². The smallest absolute Gasteiger partial charge is 0.170 e. The van der Waals surface area contributed by atoms with Gasteiger partial charge in [-0.15, -0.1) is 0 Å². The molecule has 0 amide bonds. The monoisotopic (exact) mass is 334 g/mol. The first-order valence-electron chi connectivity index (χ1n) is 8.07. The summed E-state index contributed by atoms with van der Waals surface area (Å²) in [4.78, 5) is 0. The summed E-state index contributed by atoms with van der Waals surface area (Å²) in [6.45, 7) is 6.52. The molecule has 2 atom stereocenters. The molecule has 0 aliphatic heterocycles. The molecule has 0 fully saturated rings. The lowest BCUT2D eigenvalue weighted by Crippen LogP contribution is -2.54. The van der Waals surface area contributed by atoms with Gasteiger partial charge in [0.05, 0.1) is 0 Å². The Hall–Kier alpha value is -0.420. The van der Waals surface area contributed by atoms with Crippen LogP contribution in [0, 0.1) is 17.3 Å². The van der Waals surface area contributed by atoms with Gasteiger partial charge >= 0.3 is 12.4 Å². The minimum Gasteiger partial charge on any atom is -0.170 e. The topological polar surface area (TPSA) is 0 Å². The van der Waals surface area contributed by atoms with Gasteiger partial charge in [0.2, 0.25) is 0 Å². The van der Waals surface area contributed by atoms with Crippen LogP contribution in [0.1, 0.15) is 72.6 Å². The fraction of sp³-hybridized carbons (Fsp3) is 1.00. The zero-order chi connectivity index (χ0) is 17.6. The summed E-state index contributed by atoms with van der Waals surface area (Å²) in [6, 6.07) is 0. The van der Waals surface area contributed by atoms with Crippen LogP contribution in [0.15, 0.2) is 0 Å². The van der Waals surface area contributed by atoms with E-state index in [2.05, 4.69) is 0 Å². The highest BCUT2D eigenvalue weighted by Crippen LogP contribution is 2.58. The predicted molar refractivity (Wildman–Crippen MR) is 76.5 cm³/mol. The molecule has 0 aliphatic rings. The van der Waals surface area contributed by atoms with Crippen molar-refractivity contribution >= 4 is 0 Å². The van der Waals surface area contributed by atoms with Crippen molar-refractivity contribution in [3.05, 3.63) is 0 Å². The molecule has 0 radical (unpaired) electrons. The maximum absolute atomic E-state index is 13.4. The molecule has 0 saturated carbocycles. The molecule has 2 unspecified atom stereocenters. The Balaban J connectivity index is 5.31. The summed E-state index contributed by atoms with van der Waals surface area (Å²) in [5, 5.41) is 0. The minimum atomic E-state index is -5.27. The molecule has 0 rings (SSSR count). The maximum Gasteiger partial charge on any atom is 0.403 e. The van der Waals surface area contributed by atoms with Crippen molar-refractivity contribution in [3.63, 3.8) is 0 Å². The van der Waals surface area contributed by atoms with E-state index in [0.717, 1.165) is 19.8 Å². The van der Waals surface area contributed by atoms with E-state index in [1.807, 2.05) is 13.8 Å². The SMILES string of the molecule is CCCC(C)CCCC(C(C)CCC)(C(F)(F)F)C(F)(F)F. The molecule has 0 spiro atoms. The molecule has 0 heterocycles. The molecule has 0 aromatic heterocycles. The quantitative estimate of drug-likeness (QED) is 0.393. The van der Waals surface area contributed by atoms with Crippen molar-refractivity contribution in [2.24, 2.45) is 17.3 Å². The highest BCUT2D eigenvalue weighted by atomic mass is 19.4. The van der Waals surface area contributed by atoms with E-state index in [-0.39, 0.29) is 18.8 Å². The van der Waals surface area contributed by atoms with E-state index in [1.54, 1.807) is 6.92 Å². The summed E-state index contributed by atoms with van der Waals surface area (Å²) in [6.07, 6.45) is -9.11. The van der Waals surface area contributed by atoms with Crippen molar-refractivity contribution in [1.82, 2.24) is 0 Å². The lowest BCUT2D eigenvalue weighted by molar-refractivity contribution is -0.360. The summed E-state index contributed by atoms with van der Waals surface area (Å²) >= 11 is 0. The molecule has 0 aliphatic carbocycles. The summed E-state index contributed by atoms with van der Waals surface area (Å²) in [5.41, 5.74) is -3.58. The van der Waals surface area contributed by atoms with Crippen LogP contribution in [-0.2, 0) is 0 Å². The van der Waals surface area contributed by atoms with E-state index in [4.69, 9.17) is 0 Å². The molecule has 0 nitrogen and oxygen atoms in total. The summed E-state index contributed by atoms with van der Waals surface area (Å²) in [5.74, 6) is -1.30. The fourth-order valence-electron chi connectivity index (χ4n) is 3.30. The Morgan fingerprint density at radius 3 is 1.55 bits per heavy atom. The first-order valence-corrected chi connectivity index (χ1v) is 8.07. The highest BCUT2D eigenvalue weighted by Gasteiger charge is 2.71. The van der Waals surface area contributed by atoms with Crippen LogP contribution in [0.5, 0.6) is 0 Å². The number of halogens is 6. The largest absolute Gasteiger partial charge is 0.403 e. The van der Waals surface area contributed by atoms with Crippen LogP contribution in [0.2, 0.25) is 0 Å². The Morgan fingerprint density at radius 1 is 0.727 bits per heavy atom. The molecule has 134 valence electrons. The van der Waals surface area contributed by atoms with Gasteiger partial charge in [0.25, 0.3) is 0 Å². The van der Waals surface area contributed by atoms with Crippen LogP contribution in [0.4, 0.5) is 26.3 Å². The Bertz CT molecular complexity index is 291. The average molecular weight is 334 g/mol. The highest BCUT2D eigenvalue weighted by molar-refractivity contribution is 4.96. The molecule has 6 heteroatoms. The Morgan fingerprint density at radius 2 is 1.18 bits per heavy atom. The molecule has 0 aromatic carbocycles. The van der Waals surface area contributed by atoms with Crippen molar-refractivity contribution in [2.75, 3.05) is 0 Å². The van der Waals surface area contributed by atoms with Crippen LogP contribution in [0.3, 0.4) is 0 Å². The third kappa shape index (κ3) is 5.05. The Labute approximate surface area is 129 Å². The average Bonchev–Trinajstić information content (AvgIpc) is 2.31. The summed E-state index contributed by atoms with van der Waals surface area (Å²) in [7, 11) is 0. The molecule has 22 heavy (non-hydrogen) atoms. The normalized spacial score (nSPS) is 16.6. The van der Waals surface area contributed by atoms with Gasteiger partial charge in [0.1, 0.15) is 0 Å². The zero-order valence-electron chi connectivity index (χ0n) is 13.9.